The fourth-order valence-corrected chi connectivity index (χ4v) is 1.44. The first kappa shape index (κ1) is 9.32. The summed E-state index contributed by atoms with van der Waals surface area (Å²) in [6.07, 6.45) is 1.74. The van der Waals surface area contributed by atoms with Gasteiger partial charge in [0.25, 0.3) is 5.56 Å². The molecule has 0 aromatic carbocycles. The topological polar surface area (TPSA) is 48.0 Å². The molecule has 0 spiro atoms. The minimum atomic E-state index is -0.131. The highest BCUT2D eigenvalue weighted by molar-refractivity contribution is 9.10. The van der Waals surface area contributed by atoms with Gasteiger partial charge in [-0.05, 0) is 35.8 Å². The van der Waals surface area contributed by atoms with Crippen molar-refractivity contribution >= 4 is 21.6 Å². The Labute approximate surface area is 79.3 Å². The van der Waals surface area contributed by atoms with E-state index in [1.165, 1.54) is 0 Å². The summed E-state index contributed by atoms with van der Waals surface area (Å²) < 4.78 is 2.42. The van der Waals surface area contributed by atoms with Gasteiger partial charge in [-0.15, -0.1) is 0 Å². The fourth-order valence-electron chi connectivity index (χ4n) is 0.972. The summed E-state index contributed by atoms with van der Waals surface area (Å²) in [5, 5.41) is 0. The first-order chi connectivity index (χ1) is 5.52. The van der Waals surface area contributed by atoms with E-state index < -0.39 is 0 Å². The summed E-state index contributed by atoms with van der Waals surface area (Å²) in [6, 6.07) is 1.75. The van der Waals surface area contributed by atoms with Crippen LogP contribution in [-0.2, 0) is 0 Å². The molecule has 0 bridgehead atoms. The third-order valence-corrected chi connectivity index (χ3v) is 2.03. The van der Waals surface area contributed by atoms with Gasteiger partial charge in [-0.2, -0.15) is 0 Å². The minimum Gasteiger partial charge on any atom is -0.394 e. The standard InChI is InChI=1S/C8H11BrN2O/c1-5(2)11-4-6(9)3-7(10)8(11)12/h3-5H,10H2,1-2H3. The Bertz CT molecular complexity index is 343. The summed E-state index contributed by atoms with van der Waals surface area (Å²) in [5.41, 5.74) is 5.64. The summed E-state index contributed by atoms with van der Waals surface area (Å²) >= 11 is 3.28. The van der Waals surface area contributed by atoms with Gasteiger partial charge in [0.15, 0.2) is 0 Å². The van der Waals surface area contributed by atoms with E-state index >= 15 is 0 Å². The minimum absolute atomic E-state index is 0.131. The van der Waals surface area contributed by atoms with Crippen molar-refractivity contribution in [2.45, 2.75) is 19.9 Å². The van der Waals surface area contributed by atoms with Gasteiger partial charge in [0.1, 0.15) is 0 Å². The molecule has 1 aromatic heterocycles. The third-order valence-electron chi connectivity index (χ3n) is 1.59. The van der Waals surface area contributed by atoms with Crippen LogP contribution in [0.25, 0.3) is 0 Å². The molecule has 0 saturated heterocycles. The van der Waals surface area contributed by atoms with Gasteiger partial charge in [-0.25, -0.2) is 0 Å². The van der Waals surface area contributed by atoms with Crippen LogP contribution < -0.4 is 11.3 Å². The second-order valence-electron chi connectivity index (χ2n) is 2.92. The number of nitrogens with zero attached hydrogens (tertiary/aromatic N) is 1. The zero-order chi connectivity index (χ0) is 9.30. The maximum atomic E-state index is 11.4. The molecular formula is C8H11BrN2O. The molecule has 1 aromatic rings. The van der Waals surface area contributed by atoms with Gasteiger partial charge in [0.2, 0.25) is 0 Å². The van der Waals surface area contributed by atoms with Crippen molar-refractivity contribution in [2.24, 2.45) is 0 Å². The number of pyridine rings is 1. The van der Waals surface area contributed by atoms with Crippen molar-refractivity contribution in [2.75, 3.05) is 5.73 Å². The first-order valence-electron chi connectivity index (χ1n) is 3.69. The van der Waals surface area contributed by atoms with E-state index in [1.807, 2.05) is 13.8 Å². The largest absolute Gasteiger partial charge is 0.394 e. The molecular weight excluding hydrogens is 220 g/mol. The average molecular weight is 231 g/mol. The molecule has 0 saturated carbocycles. The molecule has 1 heterocycles. The maximum Gasteiger partial charge on any atom is 0.273 e. The van der Waals surface area contributed by atoms with E-state index in [9.17, 15) is 4.79 Å². The molecule has 0 fully saturated rings. The Morgan fingerprint density at radius 1 is 1.58 bits per heavy atom. The van der Waals surface area contributed by atoms with Gasteiger partial charge in [-0.3, -0.25) is 4.79 Å². The van der Waals surface area contributed by atoms with Crippen molar-refractivity contribution in [3.8, 4) is 0 Å². The molecule has 3 nitrogen and oxygen atoms in total. The third kappa shape index (κ3) is 1.69. The van der Waals surface area contributed by atoms with E-state index in [0.717, 1.165) is 4.47 Å². The van der Waals surface area contributed by atoms with Crippen molar-refractivity contribution in [3.63, 3.8) is 0 Å². The Kier molecular flexibility index (Phi) is 2.57. The molecule has 66 valence electrons. The van der Waals surface area contributed by atoms with Crippen LogP contribution in [0.3, 0.4) is 0 Å². The second kappa shape index (κ2) is 3.31. The number of hydrogen-bond acceptors (Lipinski definition) is 2. The molecule has 12 heavy (non-hydrogen) atoms. The monoisotopic (exact) mass is 230 g/mol. The molecule has 2 N–H and O–H groups in total. The fraction of sp³-hybridized carbons (Fsp3) is 0.375. The maximum absolute atomic E-state index is 11.4. The van der Waals surface area contributed by atoms with Gasteiger partial charge >= 0.3 is 0 Å². The Morgan fingerprint density at radius 2 is 2.17 bits per heavy atom. The SMILES string of the molecule is CC(C)n1cc(Br)cc(N)c1=O. The van der Waals surface area contributed by atoms with Crippen LogP contribution in [0.5, 0.6) is 0 Å². The van der Waals surface area contributed by atoms with Crippen LogP contribution in [0.1, 0.15) is 19.9 Å². The Balaban J connectivity index is 3.38. The lowest BCUT2D eigenvalue weighted by molar-refractivity contribution is 0.578. The Hall–Kier alpha value is -0.770. The highest BCUT2D eigenvalue weighted by atomic mass is 79.9. The number of aromatic nitrogens is 1. The molecule has 0 amide bonds. The summed E-state index contributed by atoms with van der Waals surface area (Å²) in [7, 11) is 0. The zero-order valence-electron chi connectivity index (χ0n) is 7.04. The molecule has 0 aliphatic heterocycles. The van der Waals surface area contributed by atoms with Crippen LogP contribution in [0.2, 0.25) is 0 Å². The molecule has 4 heteroatoms. The van der Waals surface area contributed by atoms with Gasteiger partial charge < -0.3 is 10.3 Å². The predicted molar refractivity (Wildman–Crippen MR) is 53.2 cm³/mol. The second-order valence-corrected chi connectivity index (χ2v) is 3.84. The van der Waals surface area contributed by atoms with Crippen LogP contribution >= 0.6 is 15.9 Å². The van der Waals surface area contributed by atoms with Crippen molar-refractivity contribution in [1.29, 1.82) is 0 Å². The smallest absolute Gasteiger partial charge is 0.273 e. The first-order valence-corrected chi connectivity index (χ1v) is 4.49. The number of nitrogens with two attached hydrogens (primary N) is 1. The summed E-state index contributed by atoms with van der Waals surface area (Å²) in [6.45, 7) is 3.88. The van der Waals surface area contributed by atoms with E-state index in [2.05, 4.69) is 15.9 Å². The number of hydrogen-bond donors (Lipinski definition) is 1. The van der Waals surface area contributed by atoms with E-state index in [0.29, 0.717) is 0 Å². The van der Waals surface area contributed by atoms with Gasteiger partial charge in [-0.1, -0.05) is 0 Å². The van der Waals surface area contributed by atoms with Crippen molar-refractivity contribution < 1.29 is 0 Å². The highest BCUT2D eigenvalue weighted by Crippen LogP contribution is 2.12. The van der Waals surface area contributed by atoms with Gasteiger partial charge in [0.05, 0.1) is 5.69 Å². The normalized spacial score (nSPS) is 10.7. The van der Waals surface area contributed by atoms with E-state index in [4.69, 9.17) is 5.73 Å². The molecule has 0 aliphatic rings. The number of nitrogen functional groups attached to an aromatic ring is 1. The van der Waals surface area contributed by atoms with Crippen molar-refractivity contribution in [1.82, 2.24) is 4.57 Å². The van der Waals surface area contributed by atoms with Crippen LogP contribution in [0.15, 0.2) is 21.5 Å². The number of halogens is 1. The summed E-state index contributed by atoms with van der Waals surface area (Å²) in [5.74, 6) is 0. The lowest BCUT2D eigenvalue weighted by Gasteiger charge is -2.10. The van der Waals surface area contributed by atoms with Crippen LogP contribution in [-0.4, -0.2) is 4.57 Å². The lowest BCUT2D eigenvalue weighted by atomic mass is 10.3. The molecule has 0 atom stereocenters. The quantitative estimate of drug-likeness (QED) is 0.800. The van der Waals surface area contributed by atoms with E-state index in [-0.39, 0.29) is 17.3 Å². The number of rotatable bonds is 1. The van der Waals surface area contributed by atoms with Gasteiger partial charge in [0, 0.05) is 16.7 Å². The number of anilines is 1. The highest BCUT2D eigenvalue weighted by Gasteiger charge is 2.04. The predicted octanol–water partition coefficient (Wildman–Crippen LogP) is 1.77. The summed E-state index contributed by atoms with van der Waals surface area (Å²) in [4.78, 5) is 11.4. The molecule has 0 radical (unpaired) electrons. The Morgan fingerprint density at radius 3 is 2.67 bits per heavy atom. The van der Waals surface area contributed by atoms with E-state index in [1.54, 1.807) is 16.8 Å². The average Bonchev–Trinajstić information content (AvgIpc) is 1.96. The molecule has 1 rings (SSSR count). The van der Waals surface area contributed by atoms with Crippen LogP contribution in [0, 0.1) is 0 Å². The lowest BCUT2D eigenvalue weighted by Crippen LogP contribution is -2.23. The van der Waals surface area contributed by atoms with Crippen LogP contribution in [0.4, 0.5) is 5.69 Å². The zero-order valence-corrected chi connectivity index (χ0v) is 8.63. The molecule has 0 unspecified atom stereocenters. The molecule has 0 aliphatic carbocycles. The van der Waals surface area contributed by atoms with Crippen molar-refractivity contribution in [3.05, 3.63) is 27.1 Å².